The van der Waals surface area contributed by atoms with Gasteiger partial charge in [-0.15, -0.1) is 0 Å². The molecular formula is C17H13Cl2F3N2O4S. The molecule has 0 spiro atoms. The van der Waals surface area contributed by atoms with E-state index in [1.54, 1.807) is 12.1 Å². The van der Waals surface area contributed by atoms with Crippen molar-refractivity contribution in [3.63, 3.8) is 0 Å². The monoisotopic (exact) mass is 468 g/mol. The van der Waals surface area contributed by atoms with Crippen molar-refractivity contribution in [2.24, 2.45) is 0 Å². The second kappa shape index (κ2) is 8.60. The van der Waals surface area contributed by atoms with Crippen molar-refractivity contribution in [1.82, 2.24) is 5.32 Å². The first-order chi connectivity index (χ1) is 13.4. The van der Waals surface area contributed by atoms with Crippen LogP contribution in [-0.4, -0.2) is 31.2 Å². The molecule has 12 heteroatoms. The van der Waals surface area contributed by atoms with Crippen LogP contribution >= 0.6 is 23.2 Å². The molecule has 1 unspecified atom stereocenters. The van der Waals surface area contributed by atoms with Gasteiger partial charge in [0.05, 0.1) is 15.5 Å². The number of benzene rings is 2. The summed E-state index contributed by atoms with van der Waals surface area (Å²) < 4.78 is 63.7. The molecule has 29 heavy (non-hydrogen) atoms. The van der Waals surface area contributed by atoms with Gasteiger partial charge < -0.3 is 5.32 Å². The van der Waals surface area contributed by atoms with E-state index < -0.39 is 37.6 Å². The third kappa shape index (κ3) is 4.82. The van der Waals surface area contributed by atoms with Gasteiger partial charge in [-0.25, -0.2) is 17.6 Å². The minimum absolute atomic E-state index is 0.0272. The SMILES string of the molecule is Cc1cc(S(=O)(=O)C(F)(F)C(F)Cl)ccc1NC(=O)NC(=O)c1ccccc1Cl. The van der Waals surface area contributed by atoms with Crippen LogP contribution in [-0.2, 0) is 9.84 Å². The van der Waals surface area contributed by atoms with Crippen molar-refractivity contribution in [2.75, 3.05) is 5.32 Å². The average Bonchev–Trinajstić information content (AvgIpc) is 2.63. The zero-order chi connectivity index (χ0) is 22.0. The highest BCUT2D eigenvalue weighted by Crippen LogP contribution is 2.36. The van der Waals surface area contributed by atoms with Crippen LogP contribution in [0.25, 0.3) is 0 Å². The number of halogens is 5. The van der Waals surface area contributed by atoms with Gasteiger partial charge in [0.15, 0.2) is 0 Å². The minimum atomic E-state index is -5.40. The topological polar surface area (TPSA) is 92.3 Å². The molecule has 0 aliphatic heterocycles. The van der Waals surface area contributed by atoms with E-state index in [1.165, 1.54) is 19.1 Å². The summed E-state index contributed by atoms with van der Waals surface area (Å²) in [5, 5.41) is -0.426. The van der Waals surface area contributed by atoms with Crippen LogP contribution in [0.3, 0.4) is 0 Å². The molecule has 0 fully saturated rings. The summed E-state index contributed by atoms with van der Waals surface area (Å²) in [4.78, 5) is 23.2. The predicted octanol–water partition coefficient (Wildman–Crippen LogP) is 4.51. The Labute approximate surface area is 173 Å². The van der Waals surface area contributed by atoms with Gasteiger partial charge in [0, 0.05) is 5.69 Å². The number of imide groups is 1. The number of alkyl halides is 4. The predicted molar refractivity (Wildman–Crippen MR) is 102 cm³/mol. The fraction of sp³-hybridized carbons (Fsp3) is 0.176. The molecule has 0 heterocycles. The Balaban J connectivity index is 2.18. The molecule has 0 aromatic heterocycles. The Bertz CT molecular complexity index is 1060. The van der Waals surface area contributed by atoms with Crippen LogP contribution in [0.5, 0.6) is 0 Å². The second-order valence-corrected chi connectivity index (χ2v) is 8.54. The molecule has 0 aliphatic rings. The van der Waals surface area contributed by atoms with Crippen molar-refractivity contribution in [2.45, 2.75) is 22.7 Å². The number of rotatable bonds is 5. The van der Waals surface area contributed by atoms with Crippen molar-refractivity contribution < 1.29 is 31.2 Å². The van der Waals surface area contributed by atoms with E-state index in [2.05, 4.69) is 16.9 Å². The van der Waals surface area contributed by atoms with Crippen molar-refractivity contribution >= 4 is 50.7 Å². The molecular weight excluding hydrogens is 456 g/mol. The van der Waals surface area contributed by atoms with Gasteiger partial charge in [0.25, 0.3) is 11.5 Å². The van der Waals surface area contributed by atoms with Crippen LogP contribution in [0, 0.1) is 6.92 Å². The summed E-state index contributed by atoms with van der Waals surface area (Å²) in [6.07, 6.45) is 0. The number of carbonyl (C=O) groups excluding carboxylic acids is 2. The lowest BCUT2D eigenvalue weighted by Crippen LogP contribution is -2.36. The number of hydrogen-bond acceptors (Lipinski definition) is 4. The lowest BCUT2D eigenvalue weighted by Gasteiger charge is -2.18. The van der Waals surface area contributed by atoms with Gasteiger partial charge in [-0.05, 0) is 42.8 Å². The molecule has 0 bridgehead atoms. The van der Waals surface area contributed by atoms with Gasteiger partial charge in [-0.3, -0.25) is 10.1 Å². The van der Waals surface area contributed by atoms with E-state index in [1.807, 2.05) is 5.32 Å². The molecule has 2 aromatic carbocycles. The highest BCUT2D eigenvalue weighted by Gasteiger charge is 2.53. The lowest BCUT2D eigenvalue weighted by molar-refractivity contribution is 0.0423. The number of hydrogen-bond donors (Lipinski definition) is 2. The second-order valence-electron chi connectivity index (χ2n) is 5.73. The third-order valence-electron chi connectivity index (χ3n) is 3.71. The molecule has 0 saturated carbocycles. The van der Waals surface area contributed by atoms with Gasteiger partial charge >= 0.3 is 11.3 Å². The number of carbonyl (C=O) groups is 2. The third-order valence-corrected chi connectivity index (χ3v) is 6.25. The highest BCUT2D eigenvalue weighted by atomic mass is 35.5. The smallest absolute Gasteiger partial charge is 0.307 e. The van der Waals surface area contributed by atoms with Crippen LogP contribution in [0.1, 0.15) is 15.9 Å². The Hall–Kier alpha value is -2.30. The van der Waals surface area contributed by atoms with E-state index in [0.29, 0.717) is 0 Å². The number of anilines is 1. The maximum atomic E-state index is 13.6. The zero-order valence-corrected chi connectivity index (χ0v) is 16.9. The molecule has 2 aromatic rings. The molecule has 0 saturated heterocycles. The summed E-state index contributed by atoms with van der Waals surface area (Å²) in [5.74, 6) is -0.791. The van der Waals surface area contributed by atoms with E-state index in [-0.39, 0.29) is 21.8 Å². The maximum absolute atomic E-state index is 13.6. The summed E-state index contributed by atoms with van der Waals surface area (Å²) in [7, 11) is -5.40. The van der Waals surface area contributed by atoms with Gasteiger partial charge in [-0.2, -0.15) is 8.78 Å². The zero-order valence-electron chi connectivity index (χ0n) is 14.5. The quantitative estimate of drug-likeness (QED) is 0.631. The Morgan fingerprint density at radius 3 is 2.31 bits per heavy atom. The summed E-state index contributed by atoms with van der Waals surface area (Å²) in [6, 6.07) is 7.59. The van der Waals surface area contributed by atoms with E-state index in [0.717, 1.165) is 18.2 Å². The van der Waals surface area contributed by atoms with Crippen molar-refractivity contribution in [1.29, 1.82) is 0 Å². The van der Waals surface area contributed by atoms with Gasteiger partial charge in [-0.1, -0.05) is 35.3 Å². The summed E-state index contributed by atoms with van der Waals surface area (Å²) in [6.45, 7) is 1.32. The molecule has 6 nitrogen and oxygen atoms in total. The standard InChI is InChI=1S/C17H13Cl2F3N2O4S/c1-9-8-10(29(27,28)17(21,22)15(19)20)6-7-13(9)23-16(26)24-14(25)11-4-2-3-5-12(11)18/h2-8,15H,1H3,(H2,23,24,25,26). The first-order valence-corrected chi connectivity index (χ1v) is 10.1. The molecule has 2 rings (SSSR count). The Kier molecular flexibility index (Phi) is 6.82. The Morgan fingerprint density at radius 1 is 1.14 bits per heavy atom. The number of amides is 3. The van der Waals surface area contributed by atoms with Crippen LogP contribution < -0.4 is 10.6 Å². The van der Waals surface area contributed by atoms with Crippen LogP contribution in [0.4, 0.5) is 23.7 Å². The van der Waals surface area contributed by atoms with Gasteiger partial charge in [0.2, 0.25) is 9.84 Å². The van der Waals surface area contributed by atoms with Crippen molar-refractivity contribution in [3.05, 3.63) is 58.6 Å². The number of aryl methyl sites for hydroxylation is 1. The number of sulfone groups is 1. The van der Waals surface area contributed by atoms with Crippen LogP contribution in [0.15, 0.2) is 47.4 Å². The highest BCUT2D eigenvalue weighted by molar-refractivity contribution is 7.92. The van der Waals surface area contributed by atoms with Crippen LogP contribution in [0.2, 0.25) is 5.02 Å². The average molecular weight is 469 g/mol. The minimum Gasteiger partial charge on any atom is -0.307 e. The summed E-state index contributed by atoms with van der Waals surface area (Å²) >= 11 is 10.5. The van der Waals surface area contributed by atoms with E-state index >= 15 is 0 Å². The summed E-state index contributed by atoms with van der Waals surface area (Å²) in [5.41, 5.74) is -3.30. The molecule has 1 atom stereocenters. The fourth-order valence-electron chi connectivity index (χ4n) is 2.19. The number of urea groups is 1. The van der Waals surface area contributed by atoms with E-state index in [9.17, 15) is 31.2 Å². The molecule has 156 valence electrons. The lowest BCUT2D eigenvalue weighted by atomic mass is 10.2. The largest absolute Gasteiger partial charge is 0.393 e. The molecule has 3 amide bonds. The molecule has 0 aliphatic carbocycles. The van der Waals surface area contributed by atoms with Crippen molar-refractivity contribution in [3.8, 4) is 0 Å². The first-order valence-electron chi connectivity index (χ1n) is 7.76. The maximum Gasteiger partial charge on any atom is 0.393 e. The van der Waals surface area contributed by atoms with E-state index in [4.69, 9.17) is 11.6 Å². The molecule has 2 N–H and O–H groups in total. The normalized spacial score (nSPS) is 12.9. The fourth-order valence-corrected chi connectivity index (χ4v) is 3.89. The first kappa shape index (κ1) is 23.0. The number of nitrogens with one attached hydrogen (secondary N) is 2. The van der Waals surface area contributed by atoms with Gasteiger partial charge in [0.1, 0.15) is 0 Å². The molecule has 0 radical (unpaired) electrons. The Morgan fingerprint density at radius 2 is 1.76 bits per heavy atom.